The van der Waals surface area contributed by atoms with Gasteiger partial charge in [0.05, 0.1) is 0 Å². The minimum Gasteiger partial charge on any atom is -0.329 e. The summed E-state index contributed by atoms with van der Waals surface area (Å²) in [6.07, 6.45) is -4.76. The van der Waals surface area contributed by atoms with Gasteiger partial charge < -0.3 is 10.2 Å². The van der Waals surface area contributed by atoms with Crippen molar-refractivity contribution < 1.29 is 18.0 Å². The van der Waals surface area contributed by atoms with Crippen LogP contribution in [0.2, 0.25) is 0 Å². The van der Waals surface area contributed by atoms with E-state index < -0.39 is 18.1 Å². The molecule has 0 aromatic heterocycles. The Kier molecular flexibility index (Phi) is 3.04. The molecule has 0 radical (unpaired) electrons. The third-order valence-electron chi connectivity index (χ3n) is 2.27. The monoisotopic (exact) mass is 210 g/mol. The fourth-order valence-corrected chi connectivity index (χ4v) is 1.47. The Hall–Kier alpha value is -0.780. The molecule has 3 nitrogen and oxygen atoms in total. The normalized spacial score (nSPS) is 29.1. The van der Waals surface area contributed by atoms with Crippen LogP contribution in [0.3, 0.4) is 0 Å². The lowest BCUT2D eigenvalue weighted by molar-refractivity contribution is -0.188. The van der Waals surface area contributed by atoms with Crippen molar-refractivity contribution in [2.45, 2.75) is 32.1 Å². The molecule has 82 valence electrons. The number of nitrogens with one attached hydrogen (secondary N) is 1. The molecule has 2 unspecified atom stereocenters. The molecular weight excluding hydrogens is 197 g/mol. The third kappa shape index (κ3) is 2.37. The molecule has 0 aromatic carbocycles. The van der Waals surface area contributed by atoms with Gasteiger partial charge in [-0.2, -0.15) is 13.2 Å². The summed E-state index contributed by atoms with van der Waals surface area (Å²) in [5, 5.41) is 3.01. The molecule has 1 aliphatic heterocycles. The number of halogens is 3. The van der Waals surface area contributed by atoms with E-state index >= 15 is 0 Å². The smallest absolute Gasteiger partial charge is 0.329 e. The van der Waals surface area contributed by atoms with Crippen molar-refractivity contribution in [1.82, 2.24) is 10.2 Å². The van der Waals surface area contributed by atoms with Gasteiger partial charge in [-0.05, 0) is 13.8 Å². The zero-order chi connectivity index (χ0) is 10.9. The maximum atomic E-state index is 12.1. The molecule has 1 aliphatic rings. The highest BCUT2D eigenvalue weighted by atomic mass is 19.4. The molecule has 1 amide bonds. The number of rotatable bonds is 0. The maximum absolute atomic E-state index is 12.1. The molecule has 1 N–H and O–H groups in total. The molecule has 14 heavy (non-hydrogen) atoms. The van der Waals surface area contributed by atoms with Crippen LogP contribution in [0, 0.1) is 0 Å². The van der Waals surface area contributed by atoms with Crippen LogP contribution < -0.4 is 5.32 Å². The minimum absolute atomic E-state index is 0.0856. The first-order chi connectivity index (χ1) is 6.32. The first kappa shape index (κ1) is 11.3. The van der Waals surface area contributed by atoms with E-state index in [1.54, 1.807) is 13.8 Å². The Morgan fingerprint density at radius 3 is 2.50 bits per heavy atom. The summed E-state index contributed by atoms with van der Waals surface area (Å²) in [4.78, 5) is 11.8. The van der Waals surface area contributed by atoms with Crippen molar-refractivity contribution in [2.75, 3.05) is 13.1 Å². The van der Waals surface area contributed by atoms with Gasteiger partial charge in [-0.1, -0.05) is 0 Å². The molecular formula is C8H13F3N2O. The van der Waals surface area contributed by atoms with E-state index in [-0.39, 0.29) is 12.6 Å². The average Bonchev–Trinajstić information content (AvgIpc) is 2.06. The topological polar surface area (TPSA) is 32.3 Å². The fourth-order valence-electron chi connectivity index (χ4n) is 1.47. The lowest BCUT2D eigenvalue weighted by Gasteiger charge is -2.37. The molecule has 1 rings (SSSR count). The number of amides is 1. The van der Waals surface area contributed by atoms with Gasteiger partial charge in [-0.25, -0.2) is 0 Å². The van der Waals surface area contributed by atoms with Crippen LogP contribution in [-0.4, -0.2) is 42.2 Å². The first-order valence-electron chi connectivity index (χ1n) is 4.43. The van der Waals surface area contributed by atoms with Crippen LogP contribution in [0.25, 0.3) is 0 Å². The van der Waals surface area contributed by atoms with Gasteiger partial charge >= 0.3 is 12.1 Å². The highest BCUT2D eigenvalue weighted by molar-refractivity contribution is 5.82. The second kappa shape index (κ2) is 3.76. The molecule has 0 aliphatic carbocycles. The van der Waals surface area contributed by atoms with Gasteiger partial charge in [0, 0.05) is 25.2 Å². The van der Waals surface area contributed by atoms with Gasteiger partial charge in [0.2, 0.25) is 0 Å². The van der Waals surface area contributed by atoms with Gasteiger partial charge in [-0.15, -0.1) is 0 Å². The van der Waals surface area contributed by atoms with E-state index in [0.29, 0.717) is 6.54 Å². The molecule has 1 fully saturated rings. The first-order valence-corrected chi connectivity index (χ1v) is 4.43. The minimum atomic E-state index is -4.76. The second-order valence-corrected chi connectivity index (χ2v) is 3.61. The van der Waals surface area contributed by atoms with Gasteiger partial charge in [-0.3, -0.25) is 4.79 Å². The molecule has 6 heteroatoms. The van der Waals surface area contributed by atoms with Crippen molar-refractivity contribution >= 4 is 5.91 Å². The number of nitrogens with zero attached hydrogens (tertiary/aromatic N) is 1. The zero-order valence-corrected chi connectivity index (χ0v) is 8.06. The number of alkyl halides is 3. The molecule has 2 atom stereocenters. The Balaban J connectivity index is 2.70. The van der Waals surface area contributed by atoms with Crippen molar-refractivity contribution in [3.8, 4) is 0 Å². The number of piperazine rings is 1. The van der Waals surface area contributed by atoms with Crippen LogP contribution >= 0.6 is 0 Å². The maximum Gasteiger partial charge on any atom is 0.471 e. The standard InChI is InChI=1S/C8H13F3N2O/c1-5-4-13(6(2)3-12-5)7(14)8(9,10)11/h5-6,12H,3-4H2,1-2H3. The third-order valence-corrected chi connectivity index (χ3v) is 2.27. The summed E-state index contributed by atoms with van der Waals surface area (Å²) in [5.41, 5.74) is 0. The summed E-state index contributed by atoms with van der Waals surface area (Å²) in [5.74, 6) is -1.74. The summed E-state index contributed by atoms with van der Waals surface area (Å²) in [7, 11) is 0. The Morgan fingerprint density at radius 2 is 2.00 bits per heavy atom. The van der Waals surface area contributed by atoms with E-state index in [2.05, 4.69) is 5.32 Å². The van der Waals surface area contributed by atoms with Gasteiger partial charge in [0.1, 0.15) is 0 Å². The van der Waals surface area contributed by atoms with Crippen LogP contribution in [0.5, 0.6) is 0 Å². The molecule has 1 saturated heterocycles. The molecule has 1 heterocycles. The number of carbonyl (C=O) groups excluding carboxylic acids is 1. The lowest BCUT2D eigenvalue weighted by atomic mass is 10.1. The number of hydrogen-bond acceptors (Lipinski definition) is 2. The van der Waals surface area contributed by atoms with Crippen molar-refractivity contribution in [3.05, 3.63) is 0 Å². The SMILES string of the molecule is CC1CN(C(=O)C(F)(F)F)C(C)CN1. The predicted molar refractivity (Wildman–Crippen MR) is 44.7 cm³/mol. The van der Waals surface area contributed by atoms with Crippen LogP contribution in [0.4, 0.5) is 13.2 Å². The van der Waals surface area contributed by atoms with E-state index in [4.69, 9.17) is 0 Å². The van der Waals surface area contributed by atoms with Gasteiger partial charge in [0.15, 0.2) is 0 Å². The van der Waals surface area contributed by atoms with Crippen LogP contribution in [0.1, 0.15) is 13.8 Å². The molecule has 0 bridgehead atoms. The average molecular weight is 210 g/mol. The highest BCUT2D eigenvalue weighted by Gasteiger charge is 2.44. The Bertz CT molecular complexity index is 229. The van der Waals surface area contributed by atoms with Crippen molar-refractivity contribution in [2.24, 2.45) is 0 Å². The van der Waals surface area contributed by atoms with Crippen molar-refractivity contribution in [3.63, 3.8) is 0 Å². The fraction of sp³-hybridized carbons (Fsp3) is 0.875. The number of hydrogen-bond donors (Lipinski definition) is 1. The summed E-state index contributed by atoms with van der Waals surface area (Å²) >= 11 is 0. The van der Waals surface area contributed by atoms with E-state index in [1.807, 2.05) is 0 Å². The largest absolute Gasteiger partial charge is 0.471 e. The zero-order valence-electron chi connectivity index (χ0n) is 8.06. The van der Waals surface area contributed by atoms with E-state index in [1.165, 1.54) is 0 Å². The second-order valence-electron chi connectivity index (χ2n) is 3.61. The number of carbonyl (C=O) groups is 1. The molecule has 0 spiro atoms. The van der Waals surface area contributed by atoms with Crippen molar-refractivity contribution in [1.29, 1.82) is 0 Å². The van der Waals surface area contributed by atoms with E-state index in [9.17, 15) is 18.0 Å². The van der Waals surface area contributed by atoms with Crippen LogP contribution in [0.15, 0.2) is 0 Å². The Labute approximate surface area is 80.3 Å². The molecule has 0 saturated carbocycles. The highest BCUT2D eigenvalue weighted by Crippen LogP contribution is 2.21. The summed E-state index contributed by atoms with van der Waals surface area (Å²) in [6.45, 7) is 3.87. The van der Waals surface area contributed by atoms with E-state index in [0.717, 1.165) is 4.90 Å². The molecule has 0 aromatic rings. The summed E-state index contributed by atoms with van der Waals surface area (Å²) in [6, 6.07) is -0.488. The summed E-state index contributed by atoms with van der Waals surface area (Å²) < 4.78 is 36.4. The lowest BCUT2D eigenvalue weighted by Crippen LogP contribution is -2.58. The Morgan fingerprint density at radius 1 is 1.43 bits per heavy atom. The van der Waals surface area contributed by atoms with Gasteiger partial charge in [0.25, 0.3) is 0 Å². The van der Waals surface area contributed by atoms with Crippen LogP contribution in [-0.2, 0) is 4.79 Å². The predicted octanol–water partition coefficient (Wildman–Crippen LogP) is 0.758. The quantitative estimate of drug-likeness (QED) is 0.640.